The topological polar surface area (TPSA) is 196 Å². The zero-order valence-corrected chi connectivity index (χ0v) is 20.1. The van der Waals surface area contributed by atoms with Crippen LogP contribution in [-0.4, -0.2) is 106 Å². The van der Waals surface area contributed by atoms with E-state index in [1.165, 1.54) is 17.5 Å². The Labute approximate surface area is 235 Å². The molecular weight excluding hydrogens is 551 g/mol. The number of para-hydroxylation sites is 1. The number of nitrogens with one attached hydrogen (secondary N) is 3. The molecule has 2 unspecified atom stereocenters. The number of nitrogens with zero attached hydrogens (tertiary/aromatic N) is 3. The molecule has 4 N–H and O–H groups in total. The van der Waals surface area contributed by atoms with Crippen LogP contribution in [-0.2, 0) is 34.3 Å². The number of alkyl halides is 1. The third-order valence-electron chi connectivity index (χ3n) is 4.41. The van der Waals surface area contributed by atoms with Crippen LogP contribution in [0.2, 0.25) is 0 Å². The summed E-state index contributed by atoms with van der Waals surface area (Å²) in [6, 6.07) is 4.45. The average molecular weight is 569 g/mol. The number of carbonyl (C=O) groups excluding carboxylic acids is 4. The van der Waals surface area contributed by atoms with Gasteiger partial charge < -0.3 is 20.8 Å². The summed E-state index contributed by atoms with van der Waals surface area (Å²) < 4.78 is 32.7. The maximum absolute atomic E-state index is 12.9. The number of anilines is 2. The van der Waals surface area contributed by atoms with Crippen molar-refractivity contribution >= 4 is 103 Å². The van der Waals surface area contributed by atoms with Gasteiger partial charge in [0.1, 0.15) is 24.7 Å². The van der Waals surface area contributed by atoms with Crippen molar-refractivity contribution in [2.75, 3.05) is 23.6 Å². The van der Waals surface area contributed by atoms with Crippen molar-refractivity contribution in [2.45, 2.75) is 12.1 Å². The van der Waals surface area contributed by atoms with Crippen LogP contribution in [0.3, 0.4) is 0 Å². The molecule has 14 nitrogen and oxygen atoms in total. The molecule has 0 radical (unpaired) electrons. The second kappa shape index (κ2) is 12.6. The number of oxime groups is 1. The molecule has 1 aliphatic rings. The summed E-state index contributed by atoms with van der Waals surface area (Å²) in [5.74, 6) is -4.14. The fourth-order valence-electron chi connectivity index (χ4n) is 2.95. The Hall–Kier alpha value is -2.60. The summed E-state index contributed by atoms with van der Waals surface area (Å²) in [4.78, 5) is 58.1. The number of aromatic nitrogens is 1. The molecule has 1 aliphatic heterocycles. The first kappa shape index (κ1) is 29.6. The molecule has 3 rings (SSSR count). The van der Waals surface area contributed by atoms with E-state index >= 15 is 0 Å². The van der Waals surface area contributed by atoms with E-state index in [1.54, 1.807) is 18.2 Å². The Morgan fingerprint density at radius 3 is 2.50 bits per heavy atom. The van der Waals surface area contributed by atoms with Crippen molar-refractivity contribution in [3.8, 4) is 0 Å². The van der Waals surface area contributed by atoms with Gasteiger partial charge in [-0.15, -0.1) is 22.9 Å². The van der Waals surface area contributed by atoms with Crippen LogP contribution in [0.4, 0.5) is 10.8 Å². The van der Waals surface area contributed by atoms with Crippen LogP contribution in [0, 0.1) is 0 Å². The molecule has 36 heavy (non-hydrogen) atoms. The van der Waals surface area contributed by atoms with Crippen molar-refractivity contribution in [2.24, 2.45) is 5.16 Å². The number of β-lactam (4-membered cyclic amide) rings is 1. The summed E-state index contributed by atoms with van der Waals surface area (Å²) in [5, 5.41) is 12.0. The van der Waals surface area contributed by atoms with Crippen molar-refractivity contribution < 1.29 is 37.0 Å². The number of thiazole rings is 1. The van der Waals surface area contributed by atoms with E-state index in [-0.39, 0.29) is 56.3 Å². The van der Waals surface area contributed by atoms with Gasteiger partial charge >= 0.3 is 39.9 Å². The van der Waals surface area contributed by atoms with Crippen molar-refractivity contribution in [1.82, 2.24) is 14.6 Å². The van der Waals surface area contributed by atoms with E-state index in [9.17, 15) is 32.1 Å². The number of benzene rings is 1. The van der Waals surface area contributed by atoms with E-state index < -0.39 is 51.7 Å². The summed E-state index contributed by atoms with van der Waals surface area (Å²) in [5.41, 5.74) is -0.203. The average Bonchev–Trinajstić information content (AvgIpc) is 3.26. The molecule has 2 atom stereocenters. The maximum atomic E-state index is 12.9. The summed E-state index contributed by atoms with van der Waals surface area (Å²) >= 11 is 6.37. The predicted octanol–water partition coefficient (Wildman–Crippen LogP) is -0.840. The number of halogens is 1. The first-order valence-corrected chi connectivity index (χ1v) is 12.3. The normalized spacial score (nSPS) is 17.4. The molecule has 0 aliphatic carbocycles. The van der Waals surface area contributed by atoms with E-state index in [0.717, 1.165) is 18.4 Å². The fraction of sp³-hybridized carbons (Fsp3) is 0.222. The first-order chi connectivity index (χ1) is 16.6. The van der Waals surface area contributed by atoms with Gasteiger partial charge in [-0.25, -0.2) is 4.98 Å². The van der Waals surface area contributed by atoms with Gasteiger partial charge in [0.25, 0.3) is 17.7 Å². The van der Waals surface area contributed by atoms with E-state index in [2.05, 4.69) is 30.9 Å². The van der Waals surface area contributed by atoms with Crippen LogP contribution in [0.1, 0.15) is 5.69 Å². The summed E-state index contributed by atoms with van der Waals surface area (Å²) in [7, 11) is -3.97. The van der Waals surface area contributed by atoms with Gasteiger partial charge in [0.15, 0.2) is 16.9 Å². The van der Waals surface area contributed by atoms with Crippen LogP contribution in [0.15, 0.2) is 40.9 Å². The zero-order valence-electron chi connectivity index (χ0n) is 17.7. The first-order valence-electron chi connectivity index (χ1n) is 9.47. The van der Waals surface area contributed by atoms with Crippen LogP contribution in [0.25, 0.3) is 0 Å². The summed E-state index contributed by atoms with van der Waals surface area (Å²) in [6.45, 7) is 0. The number of rotatable bonds is 9. The molecule has 18 heteroatoms. The molecule has 0 bridgehead atoms. The van der Waals surface area contributed by atoms with E-state index in [0.29, 0.717) is 0 Å². The Kier molecular flexibility index (Phi) is 10.4. The predicted molar refractivity (Wildman–Crippen MR) is 131 cm³/mol. The van der Waals surface area contributed by atoms with Crippen LogP contribution >= 0.6 is 22.9 Å². The molecule has 188 valence electrons. The zero-order chi connectivity index (χ0) is 25.8. The Morgan fingerprint density at radius 1 is 1.25 bits per heavy atom. The molecule has 0 saturated carbocycles. The number of hydrogen-bond donors (Lipinski definition) is 4. The molecule has 1 aromatic carbocycles. The van der Waals surface area contributed by atoms with Crippen molar-refractivity contribution in [3.63, 3.8) is 0 Å². The monoisotopic (exact) mass is 568 g/mol. The van der Waals surface area contributed by atoms with Gasteiger partial charge in [-0.2, -0.15) is 12.7 Å². The van der Waals surface area contributed by atoms with Gasteiger partial charge in [0, 0.05) is 11.1 Å². The minimum absolute atomic E-state index is 0. The third-order valence-corrected chi connectivity index (χ3v) is 6.31. The van der Waals surface area contributed by atoms with E-state index in [1.807, 2.05) is 0 Å². The third kappa shape index (κ3) is 6.78. The second-order valence-electron chi connectivity index (χ2n) is 6.71. The molecule has 1 saturated heterocycles. The van der Waals surface area contributed by atoms with Crippen LogP contribution < -0.4 is 16.0 Å². The van der Waals surface area contributed by atoms with Gasteiger partial charge in [0.2, 0.25) is 5.91 Å². The quantitative estimate of drug-likeness (QED) is 0.0744. The molecule has 1 fully saturated rings. The molecule has 0 spiro atoms. The van der Waals surface area contributed by atoms with Crippen LogP contribution in [0.5, 0.6) is 0 Å². The standard InChI is InChI=1S/C18H17ClN6O8S2.Na.H/c1-33-24-12(10-8-34-18(21-10)22-11(26)7-19)15(27)23-13-14(25(17(13)29)35(30,31)32)16(28)20-9-5-3-2-4-6-9;;/h2-6,8,13-14H,7H2,1H3,(H,20,28)(H,23,27)(H,21,22,26)(H,30,31,32);;/b24-12-;;. The minimum atomic E-state index is -5.11. The Bertz CT molecular complexity index is 1290. The number of carbonyl (C=O) groups is 4. The molecule has 4 amide bonds. The SMILES string of the molecule is CO/N=C(\C(=O)NC1C(=O)N(S(=O)(=O)O)C1C(=O)Nc1ccccc1)c1csc(NC(=O)CCl)n1.[NaH]. The van der Waals surface area contributed by atoms with Gasteiger partial charge in [-0.1, -0.05) is 23.4 Å². The van der Waals surface area contributed by atoms with Crippen molar-refractivity contribution in [1.29, 1.82) is 0 Å². The second-order valence-corrected chi connectivity index (χ2v) is 9.12. The fourth-order valence-corrected chi connectivity index (χ4v) is 4.58. The molecule has 2 aromatic rings. The number of hydrogen-bond acceptors (Lipinski definition) is 10. The Morgan fingerprint density at radius 2 is 1.92 bits per heavy atom. The molecular formula is C18H18ClN6NaO8S2. The van der Waals surface area contributed by atoms with E-state index in [4.69, 9.17) is 11.6 Å². The van der Waals surface area contributed by atoms with Gasteiger partial charge in [-0.05, 0) is 12.1 Å². The van der Waals surface area contributed by atoms with Gasteiger partial charge in [0.05, 0.1) is 0 Å². The Balaban J connectivity index is 0.00000456. The van der Waals surface area contributed by atoms with Gasteiger partial charge in [-0.3, -0.25) is 23.7 Å². The molecule has 1 aromatic heterocycles. The molecule has 2 heterocycles. The number of amides is 4. The van der Waals surface area contributed by atoms with Crippen molar-refractivity contribution in [3.05, 3.63) is 41.4 Å². The summed E-state index contributed by atoms with van der Waals surface area (Å²) in [6.07, 6.45) is 0.